The first-order valence-electron chi connectivity index (χ1n) is 29.4. The van der Waals surface area contributed by atoms with Crippen LogP contribution in [0.5, 0.6) is 0 Å². The first kappa shape index (κ1) is 71.9. The highest BCUT2D eigenvalue weighted by Gasteiger charge is 2.28. The number of allylic oxidation sites excluding steroid dienone is 20. The number of esters is 3. The lowest BCUT2D eigenvalue weighted by atomic mass is 10.1. The van der Waals surface area contributed by atoms with Crippen LogP contribution in [0.1, 0.15) is 226 Å². The van der Waals surface area contributed by atoms with Gasteiger partial charge in [0.05, 0.1) is 19.8 Å². The van der Waals surface area contributed by atoms with E-state index in [2.05, 4.69) is 130 Å². The molecule has 2 N–H and O–H groups in total. The number of hydrogen-bond acceptors (Lipinski definition) is 10. The summed E-state index contributed by atoms with van der Waals surface area (Å²) < 4.78 is 39.4. The molecule has 11 nitrogen and oxygen atoms in total. The fourth-order valence-electron chi connectivity index (χ4n) is 7.45. The summed E-state index contributed by atoms with van der Waals surface area (Å²) in [4.78, 5) is 48.5. The zero-order valence-electron chi connectivity index (χ0n) is 47.7. The molecule has 0 heterocycles. The minimum atomic E-state index is -4.78. The lowest BCUT2D eigenvalue weighted by Crippen LogP contribution is -2.30. The van der Waals surface area contributed by atoms with Crippen molar-refractivity contribution in [1.29, 1.82) is 0 Å². The zero-order valence-corrected chi connectivity index (χ0v) is 48.6. The minimum Gasteiger partial charge on any atom is -0.462 e. The maximum atomic E-state index is 12.9. The average Bonchev–Trinajstić information content (AvgIpc) is 3.41. The van der Waals surface area contributed by atoms with Crippen molar-refractivity contribution in [3.05, 3.63) is 122 Å². The van der Waals surface area contributed by atoms with Gasteiger partial charge in [0.25, 0.3) is 0 Å². The number of hydrogen-bond donors (Lipinski definition) is 2. The Morgan fingerprint density at radius 3 is 1.12 bits per heavy atom. The van der Waals surface area contributed by atoms with Crippen molar-refractivity contribution in [3.63, 3.8) is 0 Å². The lowest BCUT2D eigenvalue weighted by Gasteiger charge is -2.21. The monoisotopic (exact) mass is 1080 g/mol. The van der Waals surface area contributed by atoms with Crippen LogP contribution in [-0.2, 0) is 42.2 Å². The Morgan fingerprint density at radius 1 is 0.382 bits per heavy atom. The second-order valence-corrected chi connectivity index (χ2v) is 20.5. The smallest absolute Gasteiger partial charge is 0.462 e. The first-order valence-corrected chi connectivity index (χ1v) is 30.9. The molecule has 12 heteroatoms. The predicted octanol–water partition coefficient (Wildman–Crippen LogP) is 17.6. The van der Waals surface area contributed by atoms with Crippen LogP contribution in [0.15, 0.2) is 122 Å². The second-order valence-electron chi connectivity index (χ2n) is 19.0. The summed E-state index contributed by atoms with van der Waals surface area (Å²) in [7, 11) is -4.78. The van der Waals surface area contributed by atoms with Gasteiger partial charge in [-0.05, 0) is 116 Å². The van der Waals surface area contributed by atoms with Crippen molar-refractivity contribution >= 4 is 25.7 Å². The SMILES string of the molecule is CC/C=C\C/C=C\C/C=C\C/C=C\C/C=C\C/C=C\CCC(=O)OCC(COP(=O)(O)OCC(CO)OC(=O)CCCCCCC/C=C\CCCCCC)OC(=O)CCCCCCCCC/C=C\C/C=C\C/C=C\CC. The van der Waals surface area contributed by atoms with Crippen LogP contribution in [0.3, 0.4) is 0 Å². The van der Waals surface area contributed by atoms with Gasteiger partial charge in [-0.2, -0.15) is 0 Å². The highest BCUT2D eigenvalue weighted by molar-refractivity contribution is 7.47. The van der Waals surface area contributed by atoms with Gasteiger partial charge in [0.1, 0.15) is 12.7 Å². The molecule has 76 heavy (non-hydrogen) atoms. The van der Waals surface area contributed by atoms with Crippen LogP contribution in [0, 0.1) is 0 Å². The molecule has 0 radical (unpaired) electrons. The number of phosphoric acid groups is 1. The Balaban J connectivity index is 4.87. The number of aliphatic hydroxyl groups excluding tert-OH is 1. The van der Waals surface area contributed by atoms with Gasteiger partial charge in [0.2, 0.25) is 0 Å². The maximum absolute atomic E-state index is 12.9. The molecule has 0 saturated carbocycles. The molecule has 3 atom stereocenters. The topological polar surface area (TPSA) is 155 Å². The van der Waals surface area contributed by atoms with Crippen LogP contribution in [0.25, 0.3) is 0 Å². The van der Waals surface area contributed by atoms with Gasteiger partial charge in [0.15, 0.2) is 6.10 Å². The molecule has 0 amide bonds. The van der Waals surface area contributed by atoms with Crippen LogP contribution in [0.2, 0.25) is 0 Å². The van der Waals surface area contributed by atoms with E-state index in [1.807, 2.05) is 12.2 Å². The minimum absolute atomic E-state index is 0.0927. The molecule has 0 bridgehead atoms. The Bertz CT molecular complexity index is 1740. The average molecular weight is 1080 g/mol. The summed E-state index contributed by atoms with van der Waals surface area (Å²) in [5.41, 5.74) is 0. The van der Waals surface area contributed by atoms with Crippen molar-refractivity contribution in [1.82, 2.24) is 0 Å². The van der Waals surface area contributed by atoms with E-state index in [1.165, 1.54) is 25.7 Å². The molecule has 0 rings (SSSR count). The fraction of sp³-hybridized carbons (Fsp3) is 0.641. The summed E-state index contributed by atoms with van der Waals surface area (Å²) in [5, 5.41) is 9.81. The molecule has 3 unspecified atom stereocenters. The third-order valence-corrected chi connectivity index (χ3v) is 12.8. The zero-order chi connectivity index (χ0) is 55.5. The normalized spacial score (nSPS) is 14.2. The number of carbonyl (C=O) groups is 3. The van der Waals surface area contributed by atoms with E-state index in [-0.39, 0.29) is 25.9 Å². The number of unbranched alkanes of at least 4 members (excludes halogenated alkanes) is 16. The van der Waals surface area contributed by atoms with Crippen LogP contribution >= 0.6 is 7.82 Å². The Labute approximate surface area is 462 Å². The Kier molecular flexibility index (Phi) is 54.0. The second kappa shape index (κ2) is 57.1. The van der Waals surface area contributed by atoms with Crippen molar-refractivity contribution in [3.8, 4) is 0 Å². The van der Waals surface area contributed by atoms with Crippen molar-refractivity contribution in [2.24, 2.45) is 0 Å². The number of ether oxygens (including phenoxy) is 3. The van der Waals surface area contributed by atoms with E-state index >= 15 is 0 Å². The van der Waals surface area contributed by atoms with Gasteiger partial charge >= 0.3 is 25.7 Å². The lowest BCUT2D eigenvalue weighted by molar-refractivity contribution is -0.161. The van der Waals surface area contributed by atoms with E-state index in [4.69, 9.17) is 23.3 Å². The van der Waals surface area contributed by atoms with E-state index in [0.717, 1.165) is 141 Å². The van der Waals surface area contributed by atoms with Crippen LogP contribution in [0.4, 0.5) is 0 Å². The van der Waals surface area contributed by atoms with E-state index < -0.39 is 57.8 Å². The van der Waals surface area contributed by atoms with E-state index in [0.29, 0.717) is 19.3 Å². The first-order chi connectivity index (χ1) is 37.2. The fourth-order valence-corrected chi connectivity index (χ4v) is 8.23. The Hall–Kier alpha value is -4.12. The number of rotatable bonds is 53. The number of aliphatic hydroxyl groups is 1. The molecule has 0 fully saturated rings. The van der Waals surface area contributed by atoms with Gasteiger partial charge in [-0.15, -0.1) is 0 Å². The molecular weight excluding hydrogens is 976 g/mol. The summed E-state index contributed by atoms with van der Waals surface area (Å²) in [5.74, 6) is -1.60. The summed E-state index contributed by atoms with van der Waals surface area (Å²) >= 11 is 0. The molecule has 0 aliphatic rings. The molecule has 0 saturated heterocycles. The Morgan fingerprint density at radius 2 is 0.711 bits per heavy atom. The van der Waals surface area contributed by atoms with Crippen molar-refractivity contribution in [2.45, 2.75) is 238 Å². The van der Waals surface area contributed by atoms with E-state index in [1.54, 1.807) is 0 Å². The number of phosphoric ester groups is 1. The molecular formula is C64H105O11P. The molecule has 432 valence electrons. The number of carbonyl (C=O) groups excluding carboxylic acids is 3. The van der Waals surface area contributed by atoms with Gasteiger partial charge in [-0.25, -0.2) is 4.57 Å². The third kappa shape index (κ3) is 54.7. The molecule has 0 spiro atoms. The van der Waals surface area contributed by atoms with Gasteiger partial charge in [-0.1, -0.05) is 213 Å². The third-order valence-electron chi connectivity index (χ3n) is 11.9. The largest absolute Gasteiger partial charge is 0.472 e. The maximum Gasteiger partial charge on any atom is 0.472 e. The quantitative estimate of drug-likeness (QED) is 0.0197. The summed E-state index contributed by atoms with van der Waals surface area (Å²) in [6, 6.07) is 0. The van der Waals surface area contributed by atoms with Crippen molar-refractivity contribution < 1.29 is 52.2 Å². The molecule has 0 aliphatic carbocycles. The van der Waals surface area contributed by atoms with Gasteiger partial charge in [0, 0.05) is 19.3 Å². The van der Waals surface area contributed by atoms with Crippen LogP contribution in [-0.4, -0.2) is 66.5 Å². The van der Waals surface area contributed by atoms with Crippen LogP contribution < -0.4 is 0 Å². The molecule has 0 aromatic carbocycles. The molecule has 0 aliphatic heterocycles. The van der Waals surface area contributed by atoms with Gasteiger partial charge < -0.3 is 24.2 Å². The van der Waals surface area contributed by atoms with E-state index in [9.17, 15) is 28.9 Å². The standard InChI is InChI=1S/C64H105O11P/c1-4-7-10-13-16-19-22-25-27-29-30-32-33-36-38-41-44-47-50-53-62(66)71-57-61(75-64(68)55-52-49-46-43-40-37-34-31-28-26-23-20-17-14-11-8-5-2)59-73-76(69,70)72-58-60(56-65)74-63(67)54-51-48-45-42-39-35-24-21-18-15-12-9-6-3/h7-8,10-11,16-17,19-21,24-28,30,32,36,38,44,47,60-61,65H,4-6,9,12-15,18,22-23,29,31,33-35,37,39-43,45-46,48-59H2,1-3H3,(H,69,70)/b10-7-,11-8-,19-16-,20-17-,24-21-,27-25-,28-26-,32-30-,38-36-,47-44-. The highest BCUT2D eigenvalue weighted by Crippen LogP contribution is 2.43. The molecule has 0 aromatic heterocycles. The summed E-state index contributed by atoms with van der Waals surface area (Å²) in [6.07, 6.45) is 70.2. The summed E-state index contributed by atoms with van der Waals surface area (Å²) in [6.45, 7) is 4.29. The predicted molar refractivity (Wildman–Crippen MR) is 316 cm³/mol. The van der Waals surface area contributed by atoms with Crippen molar-refractivity contribution in [2.75, 3.05) is 26.4 Å². The molecule has 0 aromatic rings. The van der Waals surface area contributed by atoms with Gasteiger partial charge in [-0.3, -0.25) is 23.4 Å². The highest BCUT2D eigenvalue weighted by atomic mass is 31.2.